The first-order valence-corrected chi connectivity index (χ1v) is 14.1. The lowest BCUT2D eigenvalue weighted by molar-refractivity contribution is -0.628. The van der Waals surface area contributed by atoms with Crippen molar-refractivity contribution in [2.24, 2.45) is 0 Å². The Morgan fingerprint density at radius 1 is 1.07 bits per heavy atom. The first kappa shape index (κ1) is 29.5. The van der Waals surface area contributed by atoms with Crippen LogP contribution in [-0.2, 0) is 21.0 Å². The SMILES string of the molecule is Cc1cc(-c2c(C(F)(F)F)ccc[n+]2N)cc2cnn(C3CCCCO3)c12.Cc1cc(C)c(S(=O)(=O)[O-])c(C)c1. The van der Waals surface area contributed by atoms with E-state index in [0.29, 0.717) is 23.3 Å². The summed E-state index contributed by atoms with van der Waals surface area (Å²) in [7, 11) is -4.33. The highest BCUT2D eigenvalue weighted by molar-refractivity contribution is 7.85. The zero-order chi connectivity index (χ0) is 29.4. The van der Waals surface area contributed by atoms with Gasteiger partial charge in [-0.2, -0.15) is 18.3 Å². The number of benzene rings is 2. The average molecular weight is 577 g/mol. The molecule has 12 heteroatoms. The molecule has 0 amide bonds. The maximum atomic E-state index is 13.5. The fourth-order valence-electron chi connectivity index (χ4n) is 5.29. The molecular weight excluding hydrogens is 545 g/mol. The van der Waals surface area contributed by atoms with Crippen molar-refractivity contribution in [1.29, 1.82) is 0 Å². The van der Waals surface area contributed by atoms with Crippen molar-refractivity contribution < 1.29 is 35.6 Å². The van der Waals surface area contributed by atoms with Crippen LogP contribution in [0.1, 0.15) is 53.3 Å². The number of nitrogens with two attached hydrogens (primary N) is 1. The summed E-state index contributed by atoms with van der Waals surface area (Å²) in [6, 6.07) is 9.13. The minimum absolute atomic E-state index is 0.0725. The smallest absolute Gasteiger partial charge is 0.422 e. The molecule has 2 aromatic carbocycles. The molecule has 5 rings (SSSR count). The van der Waals surface area contributed by atoms with Crippen LogP contribution in [0.4, 0.5) is 13.2 Å². The molecule has 0 spiro atoms. The Balaban J connectivity index is 0.000000240. The number of hydrogen-bond donors (Lipinski definition) is 1. The van der Waals surface area contributed by atoms with Crippen molar-refractivity contribution >= 4 is 21.0 Å². The van der Waals surface area contributed by atoms with Crippen molar-refractivity contribution in [2.75, 3.05) is 12.4 Å². The van der Waals surface area contributed by atoms with E-state index in [1.54, 1.807) is 44.3 Å². The van der Waals surface area contributed by atoms with Gasteiger partial charge < -0.3 is 9.29 Å². The van der Waals surface area contributed by atoms with E-state index in [0.717, 1.165) is 52.0 Å². The van der Waals surface area contributed by atoms with Crippen LogP contribution < -0.4 is 10.5 Å². The molecule has 214 valence electrons. The molecular formula is C28H31F3N4O4S. The van der Waals surface area contributed by atoms with Gasteiger partial charge in [-0.3, -0.25) is 0 Å². The Kier molecular flexibility index (Phi) is 8.25. The Morgan fingerprint density at radius 3 is 2.33 bits per heavy atom. The third kappa shape index (κ3) is 6.13. The van der Waals surface area contributed by atoms with Crippen LogP contribution in [-0.4, -0.2) is 29.4 Å². The Bertz CT molecular complexity index is 1640. The summed E-state index contributed by atoms with van der Waals surface area (Å²) in [5, 5.41) is 5.20. The van der Waals surface area contributed by atoms with E-state index in [4.69, 9.17) is 10.6 Å². The molecule has 1 unspecified atom stereocenters. The lowest BCUT2D eigenvalue weighted by atomic mass is 10.0. The quantitative estimate of drug-likeness (QED) is 0.203. The van der Waals surface area contributed by atoms with E-state index in [-0.39, 0.29) is 16.8 Å². The predicted octanol–water partition coefficient (Wildman–Crippen LogP) is 5.25. The van der Waals surface area contributed by atoms with Crippen molar-refractivity contribution in [3.63, 3.8) is 0 Å². The molecule has 4 aromatic rings. The van der Waals surface area contributed by atoms with Crippen molar-refractivity contribution in [3.05, 3.63) is 76.6 Å². The molecule has 0 saturated carbocycles. The molecule has 1 fully saturated rings. The molecule has 2 aromatic heterocycles. The molecule has 0 bridgehead atoms. The fourth-order valence-corrected chi connectivity index (χ4v) is 6.20. The normalized spacial score (nSPS) is 16.1. The van der Waals surface area contributed by atoms with E-state index < -0.39 is 21.9 Å². The van der Waals surface area contributed by atoms with E-state index >= 15 is 0 Å². The Hall–Kier alpha value is -3.48. The maximum Gasteiger partial charge on any atom is 0.422 e. The summed E-state index contributed by atoms with van der Waals surface area (Å²) >= 11 is 0. The van der Waals surface area contributed by atoms with Crippen LogP contribution in [0.3, 0.4) is 0 Å². The topological polar surface area (TPSA) is 114 Å². The molecule has 8 nitrogen and oxygen atoms in total. The summed E-state index contributed by atoms with van der Waals surface area (Å²) in [5.74, 6) is 5.84. The van der Waals surface area contributed by atoms with Gasteiger partial charge in [-0.1, -0.05) is 22.4 Å². The van der Waals surface area contributed by atoms with Gasteiger partial charge in [0.05, 0.1) is 22.2 Å². The summed E-state index contributed by atoms with van der Waals surface area (Å²) in [4.78, 5) is -0.0851. The summed E-state index contributed by atoms with van der Waals surface area (Å²) in [6.07, 6.45) is 1.41. The van der Waals surface area contributed by atoms with E-state index in [1.807, 2.05) is 18.5 Å². The largest absolute Gasteiger partial charge is 0.744 e. The van der Waals surface area contributed by atoms with Crippen LogP contribution >= 0.6 is 0 Å². The van der Waals surface area contributed by atoms with Crippen LogP contribution in [0.2, 0.25) is 0 Å². The predicted molar refractivity (Wildman–Crippen MR) is 143 cm³/mol. The lowest BCUT2D eigenvalue weighted by Gasteiger charge is -2.24. The number of aromatic nitrogens is 3. The maximum absolute atomic E-state index is 13.5. The number of nitrogens with zero attached hydrogens (tertiary/aromatic N) is 3. The Labute approximate surface area is 230 Å². The number of fused-ring (bicyclic) bond motifs is 1. The molecule has 0 aliphatic carbocycles. The second-order valence-electron chi connectivity index (χ2n) is 10.00. The highest BCUT2D eigenvalue weighted by Gasteiger charge is 2.39. The zero-order valence-electron chi connectivity index (χ0n) is 22.6. The number of nitrogen functional groups attached to an aromatic ring is 1. The average Bonchev–Trinajstić information content (AvgIpc) is 3.27. The first-order valence-electron chi connectivity index (χ1n) is 12.7. The summed E-state index contributed by atoms with van der Waals surface area (Å²) in [5.41, 5.74) is 3.26. The van der Waals surface area contributed by atoms with Gasteiger partial charge in [0.2, 0.25) is 0 Å². The van der Waals surface area contributed by atoms with Crippen molar-refractivity contribution in [1.82, 2.24) is 9.78 Å². The van der Waals surface area contributed by atoms with Crippen LogP contribution in [0.15, 0.2) is 53.7 Å². The zero-order valence-corrected chi connectivity index (χ0v) is 23.4. The van der Waals surface area contributed by atoms with Gasteiger partial charge in [0.1, 0.15) is 15.7 Å². The molecule has 1 aliphatic heterocycles. The Morgan fingerprint density at radius 2 is 1.75 bits per heavy atom. The van der Waals surface area contributed by atoms with Gasteiger partial charge in [0.25, 0.3) is 5.69 Å². The van der Waals surface area contributed by atoms with Crippen molar-refractivity contribution in [2.45, 2.75) is 64.3 Å². The highest BCUT2D eigenvalue weighted by atomic mass is 32.2. The molecule has 0 radical (unpaired) electrons. The van der Waals surface area contributed by atoms with Crippen LogP contribution in [0.5, 0.6) is 0 Å². The number of halogens is 3. The monoisotopic (exact) mass is 576 g/mol. The second kappa shape index (κ2) is 11.2. The van der Waals surface area contributed by atoms with Gasteiger partial charge >= 0.3 is 6.18 Å². The number of pyridine rings is 1. The molecule has 1 saturated heterocycles. The number of aryl methyl sites for hydroxylation is 4. The van der Waals surface area contributed by atoms with E-state index in [2.05, 4.69) is 5.10 Å². The van der Waals surface area contributed by atoms with Gasteiger partial charge in [0, 0.05) is 18.1 Å². The number of ether oxygens (including phenoxy) is 1. The molecule has 3 heterocycles. The van der Waals surface area contributed by atoms with Gasteiger partial charge in [-0.25, -0.2) is 18.9 Å². The number of alkyl halides is 3. The molecule has 40 heavy (non-hydrogen) atoms. The van der Waals surface area contributed by atoms with Gasteiger partial charge in [-0.15, -0.1) is 0 Å². The minimum atomic E-state index is -4.50. The van der Waals surface area contributed by atoms with Gasteiger partial charge in [-0.05, 0) is 81.8 Å². The van der Waals surface area contributed by atoms with E-state index in [1.165, 1.54) is 12.3 Å². The summed E-state index contributed by atoms with van der Waals surface area (Å²) < 4.78 is 81.6. The standard InChI is InChI=1S/C19H20F3N4O.C9H12O3S/c1-12-9-13(18-15(19(20,21)22)5-4-7-25(18)23)10-14-11-24-26(17(12)14)16-6-2-3-8-27-16;1-6-4-7(2)9(8(3)5-6)13(10,11)12/h4-5,7,9-11,16H,2-3,6,8,23H2,1H3;4-5H,1-3H3,(H,10,11,12)/q+1;/p-1. The van der Waals surface area contributed by atoms with Crippen LogP contribution in [0, 0.1) is 27.7 Å². The molecule has 1 atom stereocenters. The third-order valence-electron chi connectivity index (χ3n) is 6.77. The van der Waals surface area contributed by atoms with Crippen molar-refractivity contribution in [3.8, 4) is 11.3 Å². The molecule has 2 N–H and O–H groups in total. The summed E-state index contributed by atoms with van der Waals surface area (Å²) in [6.45, 7) is 7.68. The lowest BCUT2D eigenvalue weighted by Crippen LogP contribution is -2.47. The van der Waals surface area contributed by atoms with Crippen LogP contribution in [0.25, 0.3) is 22.2 Å². The second-order valence-corrected chi connectivity index (χ2v) is 11.3. The highest BCUT2D eigenvalue weighted by Crippen LogP contribution is 2.37. The third-order valence-corrected chi connectivity index (χ3v) is 7.91. The van der Waals surface area contributed by atoms with E-state index in [9.17, 15) is 26.1 Å². The van der Waals surface area contributed by atoms with Gasteiger partial charge in [0.15, 0.2) is 12.4 Å². The fraction of sp³-hybridized carbons (Fsp3) is 0.357. The first-order chi connectivity index (χ1) is 18.7. The number of rotatable bonds is 3. The molecule has 1 aliphatic rings. The number of hydrogen-bond acceptors (Lipinski definition) is 6. The minimum Gasteiger partial charge on any atom is -0.744 e.